The molecule has 1 saturated heterocycles. The quantitative estimate of drug-likeness (QED) is 0.795. The molecule has 5 nitrogen and oxygen atoms in total. The molecule has 1 aliphatic rings. The molecule has 3 rings (SSSR count). The van der Waals surface area contributed by atoms with Gasteiger partial charge in [0.2, 0.25) is 5.91 Å². The number of halogens is 1. The minimum absolute atomic E-state index is 0.105. The van der Waals surface area contributed by atoms with E-state index in [1.54, 1.807) is 18.6 Å². The number of benzene rings is 1. The van der Waals surface area contributed by atoms with Gasteiger partial charge in [-0.15, -0.1) is 0 Å². The molecule has 1 atom stereocenters. The highest BCUT2D eigenvalue weighted by Crippen LogP contribution is 2.16. The van der Waals surface area contributed by atoms with Gasteiger partial charge in [-0.05, 0) is 37.0 Å². The minimum Gasteiger partial charge on any atom is -0.377 e. The molecule has 0 saturated carbocycles. The summed E-state index contributed by atoms with van der Waals surface area (Å²) >= 11 is 5.90. The van der Waals surface area contributed by atoms with Gasteiger partial charge in [-0.25, -0.2) is 0 Å². The molecule has 2 aromatic rings. The summed E-state index contributed by atoms with van der Waals surface area (Å²) in [5.41, 5.74) is 2.07. The number of nitrogens with zero attached hydrogens (tertiary/aromatic N) is 3. The van der Waals surface area contributed by atoms with Gasteiger partial charge in [-0.1, -0.05) is 23.7 Å². The predicted octanol–water partition coefficient (Wildman–Crippen LogP) is 2.92. The Kier molecular flexibility index (Phi) is 6.36. The van der Waals surface area contributed by atoms with Gasteiger partial charge in [0.05, 0.1) is 24.9 Å². The molecule has 6 heteroatoms. The van der Waals surface area contributed by atoms with Crippen molar-refractivity contribution in [3.8, 4) is 0 Å². The molecule has 1 amide bonds. The third-order valence-corrected chi connectivity index (χ3v) is 4.69. The lowest BCUT2D eigenvalue weighted by molar-refractivity contribution is -0.140. The van der Waals surface area contributed by atoms with Gasteiger partial charge < -0.3 is 9.64 Å². The number of rotatable bonds is 6. The van der Waals surface area contributed by atoms with Gasteiger partial charge in [0.25, 0.3) is 0 Å². The summed E-state index contributed by atoms with van der Waals surface area (Å²) in [7, 11) is 0. The highest BCUT2D eigenvalue weighted by molar-refractivity contribution is 6.30. The summed E-state index contributed by atoms with van der Waals surface area (Å²) in [5.74, 6) is 0.183. The fraction of sp³-hybridized carbons (Fsp3) is 0.421. The molecule has 1 fully saturated rings. The minimum atomic E-state index is 0.105. The van der Waals surface area contributed by atoms with Crippen molar-refractivity contribution >= 4 is 17.5 Å². The first kappa shape index (κ1) is 17.8. The first-order valence-corrected chi connectivity index (χ1v) is 8.97. The molecule has 1 aliphatic heterocycles. The van der Waals surface area contributed by atoms with Crippen LogP contribution in [0.3, 0.4) is 0 Å². The van der Waals surface area contributed by atoms with Crippen LogP contribution in [0.25, 0.3) is 0 Å². The van der Waals surface area contributed by atoms with E-state index < -0.39 is 0 Å². The summed E-state index contributed by atoms with van der Waals surface area (Å²) in [6.07, 6.45) is 8.00. The van der Waals surface area contributed by atoms with Crippen LogP contribution in [0.1, 0.15) is 24.1 Å². The number of aromatic nitrogens is 2. The molecule has 1 unspecified atom stereocenters. The fourth-order valence-corrected chi connectivity index (χ4v) is 3.17. The van der Waals surface area contributed by atoms with Crippen molar-refractivity contribution in [2.75, 3.05) is 19.8 Å². The van der Waals surface area contributed by atoms with Gasteiger partial charge in [0.1, 0.15) is 0 Å². The lowest BCUT2D eigenvalue weighted by Crippen LogP contribution is -2.49. The van der Waals surface area contributed by atoms with Crippen LogP contribution in [0.5, 0.6) is 0 Å². The number of hydrogen-bond acceptors (Lipinski definition) is 4. The molecule has 1 aromatic heterocycles. The Morgan fingerprint density at radius 1 is 1.24 bits per heavy atom. The lowest BCUT2D eigenvalue weighted by atomic mass is 10.1. The summed E-state index contributed by atoms with van der Waals surface area (Å²) in [4.78, 5) is 23.0. The molecule has 132 valence electrons. The van der Waals surface area contributed by atoms with Crippen molar-refractivity contribution in [1.29, 1.82) is 0 Å². The zero-order valence-corrected chi connectivity index (χ0v) is 14.9. The normalized spacial score (nSPS) is 17.5. The second-order valence-corrected chi connectivity index (χ2v) is 6.61. The summed E-state index contributed by atoms with van der Waals surface area (Å²) in [6.45, 7) is 1.85. The van der Waals surface area contributed by atoms with E-state index in [2.05, 4.69) is 9.97 Å². The average Bonchev–Trinajstić information content (AvgIpc) is 2.67. The van der Waals surface area contributed by atoms with Gasteiger partial charge in [0, 0.05) is 36.6 Å². The maximum atomic E-state index is 12.7. The monoisotopic (exact) mass is 359 g/mol. The largest absolute Gasteiger partial charge is 0.377 e. The molecule has 0 N–H and O–H groups in total. The van der Waals surface area contributed by atoms with Crippen LogP contribution in [0.2, 0.25) is 5.02 Å². The number of aryl methyl sites for hydroxylation is 2. The van der Waals surface area contributed by atoms with Crippen molar-refractivity contribution in [2.45, 2.75) is 31.7 Å². The van der Waals surface area contributed by atoms with Gasteiger partial charge in [-0.2, -0.15) is 0 Å². The number of morpholine rings is 1. The van der Waals surface area contributed by atoms with E-state index in [9.17, 15) is 4.79 Å². The number of carbonyl (C=O) groups excluding carboxylic acids is 1. The van der Waals surface area contributed by atoms with Crippen LogP contribution in [-0.4, -0.2) is 46.6 Å². The second kappa shape index (κ2) is 8.92. The molecule has 0 bridgehead atoms. The number of carbonyl (C=O) groups is 1. The van der Waals surface area contributed by atoms with Crippen molar-refractivity contribution in [1.82, 2.24) is 14.9 Å². The molecular formula is C19H22ClN3O2. The Balaban J connectivity index is 1.54. The van der Waals surface area contributed by atoms with E-state index in [0.717, 1.165) is 30.5 Å². The molecule has 0 aliphatic carbocycles. The predicted molar refractivity (Wildman–Crippen MR) is 96.4 cm³/mol. The maximum Gasteiger partial charge on any atom is 0.223 e. The Bertz CT molecular complexity index is 679. The Hall–Kier alpha value is -1.98. The zero-order chi connectivity index (χ0) is 17.5. The van der Waals surface area contributed by atoms with Crippen LogP contribution in [0, 0.1) is 0 Å². The van der Waals surface area contributed by atoms with E-state index in [4.69, 9.17) is 16.3 Å². The van der Waals surface area contributed by atoms with Gasteiger partial charge in [-0.3, -0.25) is 14.8 Å². The maximum absolute atomic E-state index is 12.7. The van der Waals surface area contributed by atoms with Crippen molar-refractivity contribution in [3.05, 3.63) is 59.1 Å². The van der Waals surface area contributed by atoms with Crippen LogP contribution < -0.4 is 0 Å². The zero-order valence-electron chi connectivity index (χ0n) is 14.1. The summed E-state index contributed by atoms with van der Waals surface area (Å²) < 4.78 is 5.58. The van der Waals surface area contributed by atoms with Crippen molar-refractivity contribution < 1.29 is 9.53 Å². The topological polar surface area (TPSA) is 55.3 Å². The molecule has 2 heterocycles. The molecule has 0 spiro atoms. The van der Waals surface area contributed by atoms with Crippen molar-refractivity contribution in [3.63, 3.8) is 0 Å². The first-order valence-electron chi connectivity index (χ1n) is 8.59. The van der Waals surface area contributed by atoms with Crippen LogP contribution in [0.4, 0.5) is 0 Å². The molecular weight excluding hydrogens is 338 g/mol. The average molecular weight is 360 g/mol. The Morgan fingerprint density at radius 2 is 2.08 bits per heavy atom. The SMILES string of the molecule is O=C(CCc1ccc(Cl)cc1)N1CCOCC1CCc1cnccn1. The Morgan fingerprint density at radius 3 is 2.84 bits per heavy atom. The summed E-state index contributed by atoms with van der Waals surface area (Å²) in [6, 6.07) is 7.77. The third-order valence-electron chi connectivity index (χ3n) is 4.44. The number of ether oxygens (including phenoxy) is 1. The molecule has 25 heavy (non-hydrogen) atoms. The van der Waals surface area contributed by atoms with E-state index >= 15 is 0 Å². The van der Waals surface area contributed by atoms with Crippen molar-refractivity contribution in [2.24, 2.45) is 0 Å². The van der Waals surface area contributed by atoms with E-state index in [1.165, 1.54) is 0 Å². The molecule has 0 radical (unpaired) electrons. The standard InChI is InChI=1S/C19H22ClN3O2/c20-16-4-1-15(2-5-16)3-8-19(24)23-11-12-25-14-18(23)7-6-17-13-21-9-10-22-17/h1-2,4-5,9-10,13,18H,3,6-8,11-12,14H2. The van der Waals surface area contributed by atoms with Crippen LogP contribution in [0.15, 0.2) is 42.9 Å². The van der Waals surface area contributed by atoms with Crippen LogP contribution in [-0.2, 0) is 22.4 Å². The highest BCUT2D eigenvalue weighted by Gasteiger charge is 2.26. The Labute approximate surface area is 153 Å². The molecule has 1 aromatic carbocycles. The first-order chi connectivity index (χ1) is 12.2. The smallest absolute Gasteiger partial charge is 0.223 e. The van der Waals surface area contributed by atoms with Gasteiger partial charge >= 0.3 is 0 Å². The summed E-state index contributed by atoms with van der Waals surface area (Å²) in [5, 5.41) is 0.715. The van der Waals surface area contributed by atoms with E-state index in [1.807, 2.05) is 29.2 Å². The lowest BCUT2D eigenvalue weighted by Gasteiger charge is -2.36. The van der Waals surface area contributed by atoms with E-state index in [0.29, 0.717) is 31.2 Å². The second-order valence-electron chi connectivity index (χ2n) is 6.18. The third kappa shape index (κ3) is 5.25. The van der Waals surface area contributed by atoms with E-state index in [-0.39, 0.29) is 11.9 Å². The number of amides is 1. The van der Waals surface area contributed by atoms with Crippen LogP contribution >= 0.6 is 11.6 Å². The highest BCUT2D eigenvalue weighted by atomic mass is 35.5. The fourth-order valence-electron chi connectivity index (χ4n) is 3.04. The number of hydrogen-bond donors (Lipinski definition) is 0. The van der Waals surface area contributed by atoms with Gasteiger partial charge in [0.15, 0.2) is 0 Å².